The first kappa shape index (κ1) is 16.0. The van der Waals surface area contributed by atoms with Crippen LogP contribution < -0.4 is 5.32 Å². The van der Waals surface area contributed by atoms with E-state index in [1.807, 2.05) is 0 Å². The van der Waals surface area contributed by atoms with Crippen molar-refractivity contribution in [1.29, 1.82) is 0 Å². The summed E-state index contributed by atoms with van der Waals surface area (Å²) in [5.74, 6) is 0.446. The second-order valence-electron chi connectivity index (χ2n) is 5.26. The van der Waals surface area contributed by atoms with E-state index in [0.717, 1.165) is 6.54 Å². The van der Waals surface area contributed by atoms with E-state index < -0.39 is 0 Å². The topological polar surface area (TPSA) is 55.8 Å². The Hall–Kier alpha value is -1.07. The van der Waals surface area contributed by atoms with Crippen molar-refractivity contribution in [1.82, 2.24) is 15.1 Å². The Morgan fingerprint density at radius 3 is 2.79 bits per heavy atom. The van der Waals surface area contributed by atoms with Crippen molar-refractivity contribution in [3.63, 3.8) is 0 Å². The Morgan fingerprint density at radius 1 is 1.53 bits per heavy atom. The first-order chi connectivity index (χ1) is 9.17. The fourth-order valence-corrected chi connectivity index (χ4v) is 2.40. The molecule has 110 valence electrons. The van der Waals surface area contributed by atoms with Crippen LogP contribution in [0, 0.1) is 5.92 Å². The molecule has 1 aliphatic rings. The van der Waals surface area contributed by atoms with Crippen LogP contribution in [0.15, 0.2) is 12.7 Å². The first-order valence-electron chi connectivity index (χ1n) is 7.14. The highest BCUT2D eigenvalue weighted by molar-refractivity contribution is 5.74. The van der Waals surface area contributed by atoms with Crippen LogP contribution >= 0.6 is 0 Å². The molecule has 0 bridgehead atoms. The van der Waals surface area contributed by atoms with Gasteiger partial charge in [-0.2, -0.15) is 0 Å². The lowest BCUT2D eigenvalue weighted by atomic mass is 10.1. The van der Waals surface area contributed by atoms with Crippen molar-refractivity contribution < 1.29 is 9.90 Å². The zero-order valence-electron chi connectivity index (χ0n) is 12.0. The lowest BCUT2D eigenvalue weighted by Crippen LogP contribution is -2.44. The van der Waals surface area contributed by atoms with E-state index in [-0.39, 0.29) is 12.6 Å². The van der Waals surface area contributed by atoms with Crippen LogP contribution in [-0.2, 0) is 0 Å². The van der Waals surface area contributed by atoms with Crippen molar-refractivity contribution in [2.75, 3.05) is 45.9 Å². The number of hydrogen-bond acceptors (Lipinski definition) is 3. The van der Waals surface area contributed by atoms with Crippen LogP contribution in [0.2, 0.25) is 0 Å². The van der Waals surface area contributed by atoms with E-state index in [2.05, 4.69) is 23.7 Å². The second kappa shape index (κ2) is 8.93. The molecule has 0 aromatic heterocycles. The lowest BCUT2D eigenvalue weighted by Gasteiger charge is -2.24. The molecule has 0 aromatic rings. The van der Waals surface area contributed by atoms with Crippen LogP contribution in [0.4, 0.5) is 4.79 Å². The minimum Gasteiger partial charge on any atom is -0.395 e. The molecule has 5 heteroatoms. The number of rotatable bonds is 8. The van der Waals surface area contributed by atoms with Gasteiger partial charge in [-0.1, -0.05) is 13.0 Å². The zero-order valence-corrected chi connectivity index (χ0v) is 12.0. The standard InChI is InChI=1S/C14H27N3O2/c1-3-6-17(9-10-18)14(19)15-11-13(2)12-16-7-4-5-8-16/h3,13,18H,1,4-12H2,2H3,(H,15,19). The minimum absolute atomic E-state index is 0.0232. The quantitative estimate of drug-likeness (QED) is 0.644. The third-order valence-electron chi connectivity index (χ3n) is 3.38. The summed E-state index contributed by atoms with van der Waals surface area (Å²) in [5.41, 5.74) is 0. The molecule has 19 heavy (non-hydrogen) atoms. The van der Waals surface area contributed by atoms with Gasteiger partial charge in [-0.15, -0.1) is 6.58 Å². The average molecular weight is 269 g/mol. The van der Waals surface area contributed by atoms with Gasteiger partial charge in [0.15, 0.2) is 0 Å². The van der Waals surface area contributed by atoms with Crippen LogP contribution in [0.1, 0.15) is 19.8 Å². The molecule has 2 N–H and O–H groups in total. The van der Waals surface area contributed by atoms with E-state index in [0.29, 0.717) is 25.6 Å². The van der Waals surface area contributed by atoms with Crippen molar-refractivity contribution >= 4 is 6.03 Å². The summed E-state index contributed by atoms with van der Waals surface area (Å²) in [7, 11) is 0. The van der Waals surface area contributed by atoms with Gasteiger partial charge in [0.25, 0.3) is 0 Å². The minimum atomic E-state index is -0.123. The third kappa shape index (κ3) is 6.07. The maximum atomic E-state index is 11.9. The summed E-state index contributed by atoms with van der Waals surface area (Å²) in [6, 6.07) is -0.123. The molecule has 1 rings (SSSR count). The van der Waals surface area contributed by atoms with E-state index in [4.69, 9.17) is 5.11 Å². The van der Waals surface area contributed by atoms with Crippen LogP contribution in [0.5, 0.6) is 0 Å². The third-order valence-corrected chi connectivity index (χ3v) is 3.38. The number of urea groups is 1. The van der Waals surface area contributed by atoms with Gasteiger partial charge in [-0.25, -0.2) is 4.79 Å². The molecule has 5 nitrogen and oxygen atoms in total. The number of aliphatic hydroxyl groups is 1. The SMILES string of the molecule is C=CCN(CCO)C(=O)NCC(C)CN1CCCC1. The summed E-state index contributed by atoms with van der Waals surface area (Å²) in [6.45, 7) is 10.7. The Bertz CT molecular complexity index is 278. The molecular weight excluding hydrogens is 242 g/mol. The van der Waals surface area contributed by atoms with Crippen molar-refractivity contribution in [2.45, 2.75) is 19.8 Å². The van der Waals surface area contributed by atoms with Gasteiger partial charge in [0.1, 0.15) is 0 Å². The molecular formula is C14H27N3O2. The number of aliphatic hydroxyl groups excluding tert-OH is 1. The van der Waals surface area contributed by atoms with Crippen molar-refractivity contribution in [3.05, 3.63) is 12.7 Å². The van der Waals surface area contributed by atoms with E-state index in [1.165, 1.54) is 25.9 Å². The molecule has 0 spiro atoms. The largest absolute Gasteiger partial charge is 0.395 e. The normalized spacial score (nSPS) is 17.2. The summed E-state index contributed by atoms with van der Waals surface area (Å²) < 4.78 is 0. The Kier molecular flexibility index (Phi) is 7.52. The van der Waals surface area contributed by atoms with Gasteiger partial charge in [0.2, 0.25) is 0 Å². The van der Waals surface area contributed by atoms with Gasteiger partial charge in [-0.3, -0.25) is 0 Å². The molecule has 1 atom stereocenters. The summed E-state index contributed by atoms with van der Waals surface area (Å²) in [5, 5.41) is 11.8. The van der Waals surface area contributed by atoms with Gasteiger partial charge in [-0.05, 0) is 31.8 Å². The van der Waals surface area contributed by atoms with E-state index >= 15 is 0 Å². The molecule has 2 amide bonds. The first-order valence-corrected chi connectivity index (χ1v) is 7.14. The van der Waals surface area contributed by atoms with E-state index in [1.54, 1.807) is 11.0 Å². The lowest BCUT2D eigenvalue weighted by molar-refractivity contribution is 0.181. The highest BCUT2D eigenvalue weighted by Crippen LogP contribution is 2.09. The van der Waals surface area contributed by atoms with Crippen molar-refractivity contribution in [2.24, 2.45) is 5.92 Å². The Morgan fingerprint density at radius 2 is 2.21 bits per heavy atom. The zero-order chi connectivity index (χ0) is 14.1. The van der Waals surface area contributed by atoms with Gasteiger partial charge in [0, 0.05) is 26.2 Å². The van der Waals surface area contributed by atoms with E-state index in [9.17, 15) is 4.79 Å². The van der Waals surface area contributed by atoms with Gasteiger partial charge >= 0.3 is 6.03 Å². The number of nitrogens with one attached hydrogen (secondary N) is 1. The summed E-state index contributed by atoms with van der Waals surface area (Å²) in [6.07, 6.45) is 4.26. The molecule has 1 unspecified atom stereocenters. The Balaban J connectivity index is 2.24. The fourth-order valence-electron chi connectivity index (χ4n) is 2.40. The number of carbonyl (C=O) groups excluding carboxylic acids is 1. The molecule has 0 saturated carbocycles. The maximum Gasteiger partial charge on any atom is 0.317 e. The number of likely N-dealkylation sites (tertiary alicyclic amines) is 1. The van der Waals surface area contributed by atoms with Gasteiger partial charge < -0.3 is 20.2 Å². The van der Waals surface area contributed by atoms with Crippen molar-refractivity contribution in [3.8, 4) is 0 Å². The highest BCUT2D eigenvalue weighted by Gasteiger charge is 2.16. The van der Waals surface area contributed by atoms with Crippen LogP contribution in [0.25, 0.3) is 0 Å². The smallest absolute Gasteiger partial charge is 0.317 e. The number of hydrogen-bond donors (Lipinski definition) is 2. The summed E-state index contributed by atoms with van der Waals surface area (Å²) in [4.78, 5) is 15.9. The number of amides is 2. The molecule has 1 heterocycles. The van der Waals surface area contributed by atoms with Gasteiger partial charge in [0.05, 0.1) is 6.61 Å². The fraction of sp³-hybridized carbons (Fsp3) is 0.786. The predicted molar refractivity (Wildman–Crippen MR) is 77.1 cm³/mol. The number of carbonyl (C=O) groups is 1. The molecule has 0 aromatic carbocycles. The van der Waals surface area contributed by atoms with Crippen LogP contribution in [0.3, 0.4) is 0 Å². The predicted octanol–water partition coefficient (Wildman–Crippen LogP) is 0.908. The molecule has 1 aliphatic heterocycles. The monoisotopic (exact) mass is 269 g/mol. The molecule has 0 radical (unpaired) electrons. The molecule has 0 aliphatic carbocycles. The number of nitrogens with zero attached hydrogens (tertiary/aromatic N) is 2. The maximum absolute atomic E-state index is 11.9. The molecule has 1 saturated heterocycles. The average Bonchev–Trinajstić information content (AvgIpc) is 2.88. The Labute approximate surface area is 116 Å². The van der Waals surface area contributed by atoms with Crippen LogP contribution in [-0.4, -0.2) is 66.8 Å². The summed E-state index contributed by atoms with van der Waals surface area (Å²) >= 11 is 0. The highest BCUT2D eigenvalue weighted by atomic mass is 16.3. The molecule has 1 fully saturated rings. The second-order valence-corrected chi connectivity index (χ2v) is 5.26.